The molecule has 2 saturated heterocycles. The number of hydrogen-bond acceptors (Lipinski definition) is 5. The van der Waals surface area contributed by atoms with Gasteiger partial charge in [-0.3, -0.25) is 15.0 Å². The maximum atomic E-state index is 12.6. The molecule has 2 heterocycles. The van der Waals surface area contributed by atoms with E-state index in [9.17, 15) is 19.2 Å². The van der Waals surface area contributed by atoms with Crippen molar-refractivity contribution in [1.29, 1.82) is 0 Å². The van der Waals surface area contributed by atoms with Gasteiger partial charge >= 0.3 is 18.1 Å². The average molecular weight is 389 g/mol. The molecule has 150 valence electrons. The average Bonchev–Trinajstić information content (AvgIpc) is 2.84. The lowest BCUT2D eigenvalue weighted by Gasteiger charge is -2.42. The Hall–Kier alpha value is -3.10. The molecule has 28 heavy (non-hydrogen) atoms. The molecule has 0 aromatic heterocycles. The molecule has 2 fully saturated rings. The number of nitrogens with zero attached hydrogens (tertiary/aromatic N) is 2. The van der Waals surface area contributed by atoms with Gasteiger partial charge in [0.05, 0.1) is 5.56 Å². The van der Waals surface area contributed by atoms with Crippen LogP contribution in [0, 0.1) is 0 Å². The molecule has 0 unspecified atom stereocenters. The minimum absolute atomic E-state index is 0.0866. The first kappa shape index (κ1) is 19.7. The number of nitrogens with one attached hydrogen (secondary N) is 1. The van der Waals surface area contributed by atoms with Crippen LogP contribution in [-0.4, -0.2) is 58.2 Å². The van der Waals surface area contributed by atoms with Crippen molar-refractivity contribution >= 4 is 29.7 Å². The lowest BCUT2D eigenvalue weighted by molar-refractivity contribution is -0.124. The van der Waals surface area contributed by atoms with E-state index < -0.39 is 35.1 Å². The van der Waals surface area contributed by atoms with E-state index in [1.54, 1.807) is 20.8 Å². The van der Waals surface area contributed by atoms with Gasteiger partial charge in [0.1, 0.15) is 11.1 Å². The van der Waals surface area contributed by atoms with Gasteiger partial charge in [0, 0.05) is 18.8 Å². The SMILES string of the molecule is CC(C)(C)OC(=O)N1CCC2(CC1)C(=O)NC(=O)N2c1ccc(C(=O)O)cc1. The maximum absolute atomic E-state index is 12.6. The number of rotatable bonds is 2. The minimum Gasteiger partial charge on any atom is -0.478 e. The lowest BCUT2D eigenvalue weighted by Crippen LogP contribution is -2.58. The van der Waals surface area contributed by atoms with Crippen LogP contribution < -0.4 is 10.2 Å². The molecule has 1 aromatic carbocycles. The summed E-state index contributed by atoms with van der Waals surface area (Å²) in [4.78, 5) is 51.3. The van der Waals surface area contributed by atoms with Gasteiger partial charge in [-0.1, -0.05) is 0 Å². The number of likely N-dealkylation sites (tertiary alicyclic amines) is 1. The third-order valence-electron chi connectivity index (χ3n) is 4.89. The normalized spacial score (nSPS) is 19.0. The molecule has 2 aliphatic rings. The van der Waals surface area contributed by atoms with Gasteiger partial charge in [0.2, 0.25) is 0 Å². The predicted molar refractivity (Wildman–Crippen MR) is 99.2 cm³/mol. The van der Waals surface area contributed by atoms with Crippen LogP contribution in [0.4, 0.5) is 15.3 Å². The van der Waals surface area contributed by atoms with Crippen molar-refractivity contribution in [3.63, 3.8) is 0 Å². The van der Waals surface area contributed by atoms with Gasteiger partial charge in [-0.25, -0.2) is 14.4 Å². The Kier molecular flexibility index (Phi) is 4.78. The zero-order valence-electron chi connectivity index (χ0n) is 16.0. The highest BCUT2D eigenvalue weighted by Gasteiger charge is 2.55. The number of amides is 4. The molecule has 0 atom stereocenters. The van der Waals surface area contributed by atoms with Crippen LogP contribution in [-0.2, 0) is 9.53 Å². The minimum atomic E-state index is -1.11. The number of anilines is 1. The van der Waals surface area contributed by atoms with Gasteiger partial charge in [-0.15, -0.1) is 0 Å². The lowest BCUT2D eigenvalue weighted by atomic mass is 9.85. The van der Waals surface area contributed by atoms with Crippen LogP contribution in [0.1, 0.15) is 44.0 Å². The fourth-order valence-electron chi connectivity index (χ4n) is 3.52. The quantitative estimate of drug-likeness (QED) is 0.749. The number of urea groups is 1. The highest BCUT2D eigenvalue weighted by atomic mass is 16.6. The van der Waals surface area contributed by atoms with E-state index in [4.69, 9.17) is 9.84 Å². The van der Waals surface area contributed by atoms with Crippen LogP contribution in [0.3, 0.4) is 0 Å². The number of carboxylic acids is 1. The zero-order valence-corrected chi connectivity index (χ0v) is 16.0. The summed E-state index contributed by atoms with van der Waals surface area (Å²) >= 11 is 0. The molecule has 0 saturated carbocycles. The number of carbonyl (C=O) groups excluding carboxylic acids is 3. The van der Waals surface area contributed by atoms with Gasteiger partial charge < -0.3 is 14.7 Å². The van der Waals surface area contributed by atoms with E-state index in [-0.39, 0.29) is 31.5 Å². The number of ether oxygens (including phenoxy) is 1. The van der Waals surface area contributed by atoms with Gasteiger partial charge in [0.15, 0.2) is 0 Å². The number of carbonyl (C=O) groups is 4. The van der Waals surface area contributed by atoms with Crippen molar-refractivity contribution in [3.05, 3.63) is 29.8 Å². The van der Waals surface area contributed by atoms with Crippen LogP contribution in [0.25, 0.3) is 0 Å². The molecule has 0 aliphatic carbocycles. The van der Waals surface area contributed by atoms with E-state index in [0.717, 1.165) is 0 Å². The van der Waals surface area contributed by atoms with Crippen LogP contribution in [0.15, 0.2) is 24.3 Å². The van der Waals surface area contributed by atoms with Crippen molar-refractivity contribution in [2.24, 2.45) is 0 Å². The summed E-state index contributed by atoms with van der Waals surface area (Å²) < 4.78 is 5.37. The van der Waals surface area contributed by atoms with Crippen LogP contribution in [0.5, 0.6) is 0 Å². The Balaban J connectivity index is 1.81. The monoisotopic (exact) mass is 389 g/mol. The molecular formula is C19H23N3O6. The first-order chi connectivity index (χ1) is 13.0. The highest BCUT2D eigenvalue weighted by molar-refractivity contribution is 6.17. The number of aromatic carboxylic acids is 1. The van der Waals surface area contributed by atoms with Crippen LogP contribution in [0.2, 0.25) is 0 Å². The predicted octanol–water partition coefficient (Wildman–Crippen LogP) is 2.21. The van der Waals surface area contributed by atoms with E-state index in [1.165, 1.54) is 34.1 Å². The summed E-state index contributed by atoms with van der Waals surface area (Å²) in [6.07, 6.45) is 0.0547. The van der Waals surface area contributed by atoms with Gasteiger partial charge in [-0.2, -0.15) is 0 Å². The number of benzene rings is 1. The second-order valence-electron chi connectivity index (χ2n) is 7.95. The van der Waals surface area contributed by atoms with Crippen LogP contribution >= 0.6 is 0 Å². The Morgan fingerprint density at radius 3 is 2.18 bits per heavy atom. The number of hydrogen-bond donors (Lipinski definition) is 2. The molecule has 9 nitrogen and oxygen atoms in total. The molecule has 2 N–H and O–H groups in total. The molecule has 4 amide bonds. The summed E-state index contributed by atoms with van der Waals surface area (Å²) in [6, 6.07) is 5.22. The van der Waals surface area contributed by atoms with E-state index in [2.05, 4.69) is 5.32 Å². The smallest absolute Gasteiger partial charge is 0.410 e. The van der Waals surface area contributed by atoms with E-state index in [1.807, 2.05) is 0 Å². The summed E-state index contributed by atoms with van der Waals surface area (Å²) in [5, 5.41) is 11.4. The molecular weight excluding hydrogens is 366 g/mol. The maximum Gasteiger partial charge on any atom is 0.410 e. The Morgan fingerprint density at radius 2 is 1.68 bits per heavy atom. The largest absolute Gasteiger partial charge is 0.478 e. The summed E-state index contributed by atoms with van der Waals surface area (Å²) in [6.45, 7) is 5.87. The van der Waals surface area contributed by atoms with Crippen molar-refractivity contribution in [1.82, 2.24) is 10.2 Å². The van der Waals surface area contributed by atoms with E-state index in [0.29, 0.717) is 5.69 Å². The topological polar surface area (TPSA) is 116 Å². The molecule has 0 bridgehead atoms. The standard InChI is InChI=1S/C19H23N3O6/c1-18(2,3)28-17(27)21-10-8-19(9-11-21)15(25)20-16(26)22(19)13-6-4-12(5-7-13)14(23)24/h4-7H,8-11H2,1-3H3,(H,23,24)(H,20,25,26). The van der Waals surface area contributed by atoms with Crippen molar-refractivity contribution in [2.75, 3.05) is 18.0 Å². The second-order valence-corrected chi connectivity index (χ2v) is 7.95. The Morgan fingerprint density at radius 1 is 1.11 bits per heavy atom. The first-order valence-electron chi connectivity index (χ1n) is 9.00. The summed E-state index contributed by atoms with van der Waals surface area (Å²) in [5.74, 6) is -1.49. The molecule has 0 radical (unpaired) electrons. The highest BCUT2D eigenvalue weighted by Crippen LogP contribution is 2.37. The zero-order chi connectivity index (χ0) is 20.7. The second kappa shape index (κ2) is 6.81. The van der Waals surface area contributed by atoms with Gasteiger partial charge in [0.25, 0.3) is 5.91 Å². The number of imide groups is 1. The third kappa shape index (κ3) is 3.51. The van der Waals surface area contributed by atoms with Crippen molar-refractivity contribution < 1.29 is 29.0 Å². The van der Waals surface area contributed by atoms with Gasteiger partial charge in [-0.05, 0) is 57.9 Å². The third-order valence-corrected chi connectivity index (χ3v) is 4.89. The van der Waals surface area contributed by atoms with Crippen molar-refractivity contribution in [2.45, 2.75) is 44.8 Å². The number of piperidine rings is 1. The number of carboxylic acid groups (broad SMARTS) is 1. The fourth-order valence-corrected chi connectivity index (χ4v) is 3.52. The Labute approximate surface area is 162 Å². The Bertz CT molecular complexity index is 819. The molecule has 2 aliphatic heterocycles. The van der Waals surface area contributed by atoms with E-state index >= 15 is 0 Å². The summed E-state index contributed by atoms with van der Waals surface area (Å²) in [5.41, 5.74) is -1.21. The fraction of sp³-hybridized carbons (Fsp3) is 0.474. The first-order valence-corrected chi connectivity index (χ1v) is 9.00. The van der Waals surface area contributed by atoms with Crippen molar-refractivity contribution in [3.8, 4) is 0 Å². The summed E-state index contributed by atoms with van der Waals surface area (Å²) in [7, 11) is 0. The molecule has 1 spiro atoms. The molecule has 1 aromatic rings. The molecule has 9 heteroatoms. The molecule has 3 rings (SSSR count).